The SMILES string of the molecule is COc1cc(N2CCN(C)CC2)ccc1Nc1ncc2c(n1)N(C)C1=C(NC(C)S1)C(=O)N2C. The minimum Gasteiger partial charge on any atom is -0.494 e. The fourth-order valence-corrected chi connectivity index (χ4v) is 5.39. The zero-order valence-corrected chi connectivity index (χ0v) is 20.9. The number of methoxy groups -OCH3 is 1. The van der Waals surface area contributed by atoms with Crippen molar-refractivity contribution in [1.82, 2.24) is 20.2 Å². The summed E-state index contributed by atoms with van der Waals surface area (Å²) in [6.07, 6.45) is 1.68. The number of likely N-dealkylation sites (N-methyl/N-ethyl adjacent to an activating group) is 2. The minimum atomic E-state index is -0.0945. The quantitative estimate of drug-likeness (QED) is 0.676. The highest BCUT2D eigenvalue weighted by atomic mass is 32.2. The summed E-state index contributed by atoms with van der Waals surface area (Å²) in [5.41, 5.74) is 3.17. The Hall–Kier alpha value is -3.18. The number of fused-ring (bicyclic) bond motifs is 1. The average molecular weight is 483 g/mol. The standard InChI is InChI=1S/C23H30N8O2S/c1-14-25-19-21(32)29(3)17-13-24-23(27-20(17)30(4)22(19)34-14)26-16-7-6-15(12-18(16)33-5)31-10-8-28(2)9-11-31/h6-7,12-14,25H,8-11H2,1-5H3,(H,24,26,27). The van der Waals surface area contributed by atoms with Gasteiger partial charge in [0.25, 0.3) is 5.91 Å². The maximum atomic E-state index is 13.0. The number of piperazine rings is 1. The van der Waals surface area contributed by atoms with Crippen molar-refractivity contribution in [3.8, 4) is 5.75 Å². The van der Waals surface area contributed by atoms with E-state index in [1.54, 1.807) is 37.0 Å². The Bertz CT molecular complexity index is 1150. The van der Waals surface area contributed by atoms with Crippen molar-refractivity contribution in [2.45, 2.75) is 12.3 Å². The molecular weight excluding hydrogens is 452 g/mol. The second-order valence-corrected chi connectivity index (χ2v) is 10.0. The number of nitrogens with one attached hydrogen (secondary N) is 2. The molecule has 1 atom stereocenters. The molecule has 4 heterocycles. The lowest BCUT2D eigenvalue weighted by Crippen LogP contribution is -2.44. The molecule has 0 spiro atoms. The van der Waals surface area contributed by atoms with Gasteiger partial charge in [-0.1, -0.05) is 11.8 Å². The number of aromatic nitrogens is 2. The molecule has 1 fully saturated rings. The van der Waals surface area contributed by atoms with Gasteiger partial charge in [0.1, 0.15) is 22.2 Å². The summed E-state index contributed by atoms with van der Waals surface area (Å²) in [5.74, 6) is 1.73. The van der Waals surface area contributed by atoms with E-state index in [9.17, 15) is 4.79 Å². The Balaban J connectivity index is 1.43. The molecule has 3 aliphatic rings. The first-order valence-electron chi connectivity index (χ1n) is 11.3. The third-order valence-corrected chi connectivity index (χ3v) is 7.57. The summed E-state index contributed by atoms with van der Waals surface area (Å²) in [6, 6.07) is 6.15. The molecule has 0 aliphatic carbocycles. The molecule has 0 radical (unpaired) electrons. The van der Waals surface area contributed by atoms with E-state index >= 15 is 0 Å². The Labute approximate surface area is 204 Å². The van der Waals surface area contributed by atoms with Crippen LogP contribution in [0.5, 0.6) is 5.75 Å². The molecule has 1 unspecified atom stereocenters. The predicted molar refractivity (Wildman–Crippen MR) is 137 cm³/mol. The molecule has 0 saturated carbocycles. The molecule has 2 N–H and O–H groups in total. The highest BCUT2D eigenvalue weighted by molar-refractivity contribution is 8.04. The van der Waals surface area contributed by atoms with Crippen molar-refractivity contribution in [3.63, 3.8) is 0 Å². The first-order valence-corrected chi connectivity index (χ1v) is 12.2. The van der Waals surface area contributed by atoms with Gasteiger partial charge < -0.3 is 35.0 Å². The van der Waals surface area contributed by atoms with Crippen LogP contribution in [0.15, 0.2) is 35.1 Å². The number of ether oxygens (including phenoxy) is 1. The van der Waals surface area contributed by atoms with Crippen LogP contribution in [0.2, 0.25) is 0 Å². The van der Waals surface area contributed by atoms with E-state index in [1.165, 1.54) is 0 Å². The molecule has 180 valence electrons. The fourth-order valence-electron chi connectivity index (χ4n) is 4.37. The number of carbonyl (C=O) groups excluding carboxylic acids is 1. The van der Waals surface area contributed by atoms with Crippen molar-refractivity contribution in [2.75, 3.05) is 74.4 Å². The summed E-state index contributed by atoms with van der Waals surface area (Å²) >= 11 is 1.61. The zero-order valence-electron chi connectivity index (χ0n) is 20.1. The predicted octanol–water partition coefficient (Wildman–Crippen LogP) is 2.24. The van der Waals surface area contributed by atoms with E-state index in [2.05, 4.69) is 44.6 Å². The molecule has 1 aromatic carbocycles. The van der Waals surface area contributed by atoms with Crippen LogP contribution in [0.1, 0.15) is 6.92 Å². The topological polar surface area (TPSA) is 89.1 Å². The lowest BCUT2D eigenvalue weighted by atomic mass is 10.2. The van der Waals surface area contributed by atoms with Crippen LogP contribution in [0.25, 0.3) is 0 Å². The average Bonchev–Trinajstić information content (AvgIpc) is 3.22. The van der Waals surface area contributed by atoms with E-state index < -0.39 is 0 Å². The summed E-state index contributed by atoms with van der Waals surface area (Å²) in [4.78, 5) is 30.5. The Morgan fingerprint density at radius 3 is 2.65 bits per heavy atom. The van der Waals surface area contributed by atoms with E-state index in [0.717, 1.165) is 48.3 Å². The molecule has 5 rings (SSSR count). The molecule has 2 aromatic rings. The van der Waals surface area contributed by atoms with E-state index in [0.29, 0.717) is 23.2 Å². The minimum absolute atomic E-state index is 0.0945. The first-order chi connectivity index (χ1) is 16.4. The normalized spacial score (nSPS) is 20.7. The summed E-state index contributed by atoms with van der Waals surface area (Å²) in [5, 5.41) is 7.55. The number of carbonyl (C=O) groups is 1. The van der Waals surface area contributed by atoms with Gasteiger partial charge in [-0.15, -0.1) is 0 Å². The smallest absolute Gasteiger partial charge is 0.277 e. The third-order valence-electron chi connectivity index (χ3n) is 6.40. The molecule has 1 amide bonds. The fraction of sp³-hybridized carbons (Fsp3) is 0.435. The number of hydrogen-bond acceptors (Lipinski definition) is 10. The zero-order chi connectivity index (χ0) is 24.0. The molecule has 11 heteroatoms. The molecular formula is C23H30N8O2S. The van der Waals surface area contributed by atoms with Crippen LogP contribution in [-0.4, -0.2) is 80.6 Å². The van der Waals surface area contributed by atoms with Crippen LogP contribution in [0, 0.1) is 0 Å². The summed E-state index contributed by atoms with van der Waals surface area (Å²) in [7, 11) is 7.49. The number of benzene rings is 1. The lowest BCUT2D eigenvalue weighted by Gasteiger charge is -2.34. The van der Waals surface area contributed by atoms with Gasteiger partial charge in [0, 0.05) is 52.0 Å². The number of hydrogen-bond donors (Lipinski definition) is 2. The number of nitrogens with zero attached hydrogens (tertiary/aromatic N) is 6. The number of anilines is 5. The Kier molecular flexibility index (Phi) is 5.90. The van der Waals surface area contributed by atoms with Crippen molar-refractivity contribution >= 4 is 46.5 Å². The number of thioether (sulfide) groups is 1. The van der Waals surface area contributed by atoms with Crippen molar-refractivity contribution < 1.29 is 9.53 Å². The second kappa shape index (κ2) is 8.88. The second-order valence-electron chi connectivity index (χ2n) is 8.71. The molecule has 10 nitrogen and oxygen atoms in total. The van der Waals surface area contributed by atoms with Crippen LogP contribution in [0.4, 0.5) is 28.8 Å². The van der Waals surface area contributed by atoms with Crippen LogP contribution < -0.4 is 30.1 Å². The van der Waals surface area contributed by atoms with E-state index in [-0.39, 0.29) is 11.3 Å². The molecule has 1 saturated heterocycles. The van der Waals surface area contributed by atoms with Crippen LogP contribution in [0.3, 0.4) is 0 Å². The van der Waals surface area contributed by atoms with Gasteiger partial charge in [0.2, 0.25) is 5.95 Å². The van der Waals surface area contributed by atoms with Gasteiger partial charge in [-0.3, -0.25) is 4.79 Å². The molecule has 34 heavy (non-hydrogen) atoms. The van der Waals surface area contributed by atoms with Gasteiger partial charge in [0.05, 0.1) is 24.4 Å². The maximum absolute atomic E-state index is 13.0. The third kappa shape index (κ3) is 3.98. The first kappa shape index (κ1) is 22.6. The summed E-state index contributed by atoms with van der Waals surface area (Å²) in [6.45, 7) is 6.10. The molecule has 0 bridgehead atoms. The highest BCUT2D eigenvalue weighted by Gasteiger charge is 2.36. The van der Waals surface area contributed by atoms with Crippen molar-refractivity contribution in [3.05, 3.63) is 35.1 Å². The lowest BCUT2D eigenvalue weighted by molar-refractivity contribution is -0.115. The van der Waals surface area contributed by atoms with Gasteiger partial charge >= 0.3 is 0 Å². The number of amides is 1. The highest BCUT2D eigenvalue weighted by Crippen LogP contribution is 2.42. The van der Waals surface area contributed by atoms with Crippen LogP contribution in [-0.2, 0) is 4.79 Å². The Morgan fingerprint density at radius 1 is 1.15 bits per heavy atom. The molecule has 3 aliphatic heterocycles. The summed E-state index contributed by atoms with van der Waals surface area (Å²) < 4.78 is 5.69. The Morgan fingerprint density at radius 2 is 1.91 bits per heavy atom. The largest absolute Gasteiger partial charge is 0.494 e. The van der Waals surface area contributed by atoms with E-state index in [1.807, 2.05) is 24.9 Å². The maximum Gasteiger partial charge on any atom is 0.277 e. The van der Waals surface area contributed by atoms with Crippen LogP contribution >= 0.6 is 11.8 Å². The van der Waals surface area contributed by atoms with Gasteiger partial charge in [0.15, 0.2) is 5.82 Å². The van der Waals surface area contributed by atoms with Gasteiger partial charge in [-0.2, -0.15) is 4.98 Å². The monoisotopic (exact) mass is 482 g/mol. The van der Waals surface area contributed by atoms with Gasteiger partial charge in [-0.05, 0) is 26.1 Å². The molecule has 1 aromatic heterocycles. The van der Waals surface area contributed by atoms with E-state index in [4.69, 9.17) is 9.72 Å². The number of rotatable bonds is 4. The van der Waals surface area contributed by atoms with Crippen molar-refractivity contribution in [2.24, 2.45) is 0 Å². The van der Waals surface area contributed by atoms with Gasteiger partial charge in [-0.25, -0.2) is 4.98 Å². The van der Waals surface area contributed by atoms with Crippen molar-refractivity contribution in [1.29, 1.82) is 0 Å².